The molecule has 44 heavy (non-hydrogen) atoms. The number of rotatable bonds is 13. The number of unbranched alkanes of at least 4 members (excludes halogenated alkanes) is 3. The summed E-state index contributed by atoms with van der Waals surface area (Å²) in [5, 5.41) is 3.44. The van der Waals surface area contributed by atoms with E-state index in [1.165, 1.54) is 12.8 Å². The van der Waals surface area contributed by atoms with Gasteiger partial charge in [0.2, 0.25) is 5.95 Å². The molecule has 242 valence electrons. The molecule has 2 aromatic rings. The van der Waals surface area contributed by atoms with Crippen molar-refractivity contribution in [2.75, 3.05) is 42.5 Å². The van der Waals surface area contributed by atoms with Crippen molar-refractivity contribution < 1.29 is 22.1 Å². The summed E-state index contributed by atoms with van der Waals surface area (Å²) in [5.74, 6) is 0.409. The Hall–Kier alpha value is -2.76. The minimum atomic E-state index is -3.80. The maximum absolute atomic E-state index is 13.4. The van der Waals surface area contributed by atoms with Crippen LogP contribution >= 0.6 is 0 Å². The minimum absolute atomic E-state index is 0.0652. The van der Waals surface area contributed by atoms with Gasteiger partial charge in [-0.05, 0) is 70.7 Å². The van der Waals surface area contributed by atoms with Gasteiger partial charge in [-0.15, -0.1) is 0 Å². The highest BCUT2D eigenvalue weighted by atomic mass is 32.2. The summed E-state index contributed by atoms with van der Waals surface area (Å²) in [6.45, 7) is 10.1. The van der Waals surface area contributed by atoms with Gasteiger partial charge in [-0.1, -0.05) is 57.2 Å². The summed E-state index contributed by atoms with van der Waals surface area (Å²) in [5.41, 5.74) is 1.82. The number of aryl methyl sites for hydroxylation is 1. The summed E-state index contributed by atoms with van der Waals surface area (Å²) in [6.07, 6.45) is 12.3. The monoisotopic (exact) mass is 627 g/mol. The molecule has 1 spiro atoms. The molecule has 0 aliphatic carbocycles. The van der Waals surface area contributed by atoms with Gasteiger partial charge < -0.3 is 19.9 Å². The molecule has 1 aromatic heterocycles. The molecular weight excluding hydrogens is 578 g/mol. The molecule has 11 heteroatoms. The van der Waals surface area contributed by atoms with Gasteiger partial charge in [-0.2, -0.15) is 8.42 Å². The fourth-order valence-electron chi connectivity index (χ4n) is 6.70. The molecule has 0 amide bonds. The first-order valence-corrected chi connectivity index (χ1v) is 17.9. The Morgan fingerprint density at radius 3 is 2.36 bits per heavy atom. The van der Waals surface area contributed by atoms with Crippen molar-refractivity contribution in [3.05, 3.63) is 42.2 Å². The van der Waals surface area contributed by atoms with Crippen LogP contribution < -0.4 is 15.1 Å². The molecule has 10 nitrogen and oxygen atoms in total. The van der Waals surface area contributed by atoms with E-state index in [0.717, 1.165) is 69.4 Å². The Labute approximate surface area is 263 Å². The van der Waals surface area contributed by atoms with Crippen LogP contribution in [0.1, 0.15) is 83.6 Å². The fourth-order valence-corrected chi connectivity index (χ4v) is 7.83. The molecule has 2 atom stereocenters. The van der Waals surface area contributed by atoms with E-state index in [9.17, 15) is 13.2 Å². The minimum Gasteiger partial charge on any atom is -0.441 e. The second-order valence-electron chi connectivity index (χ2n) is 12.8. The van der Waals surface area contributed by atoms with E-state index >= 15 is 0 Å². The van der Waals surface area contributed by atoms with Gasteiger partial charge in [0.05, 0.1) is 35.0 Å². The van der Waals surface area contributed by atoms with Crippen molar-refractivity contribution in [2.24, 2.45) is 11.3 Å². The van der Waals surface area contributed by atoms with Crippen LogP contribution in [-0.4, -0.2) is 69.4 Å². The number of hydrogen-bond acceptors (Lipinski definition) is 10. The first-order valence-electron chi connectivity index (χ1n) is 16.5. The van der Waals surface area contributed by atoms with E-state index in [1.807, 2.05) is 24.2 Å². The largest absolute Gasteiger partial charge is 0.441 e. The average molecular weight is 628 g/mol. The van der Waals surface area contributed by atoms with Gasteiger partial charge in [0, 0.05) is 25.0 Å². The molecule has 3 aliphatic heterocycles. The van der Waals surface area contributed by atoms with Gasteiger partial charge in [0.15, 0.2) is 6.23 Å². The topological polar surface area (TPSA) is 114 Å². The van der Waals surface area contributed by atoms with Crippen LogP contribution in [-0.2, 0) is 23.8 Å². The highest BCUT2D eigenvalue weighted by Gasteiger charge is 2.56. The Kier molecular flexibility index (Phi) is 10.8. The predicted molar refractivity (Wildman–Crippen MR) is 171 cm³/mol. The molecule has 2 unspecified atom stereocenters. The first kappa shape index (κ1) is 32.6. The van der Waals surface area contributed by atoms with Gasteiger partial charge in [-0.25, -0.2) is 9.97 Å². The number of nitrogens with one attached hydrogen (secondary N) is 1. The van der Waals surface area contributed by atoms with Crippen LogP contribution in [0.5, 0.6) is 0 Å². The fraction of sp³-hybridized carbons (Fsp3) is 0.667. The predicted octanol–water partition coefficient (Wildman–Crippen LogP) is 5.22. The quantitative estimate of drug-likeness (QED) is 0.180. The van der Waals surface area contributed by atoms with Crippen molar-refractivity contribution in [3.8, 4) is 0 Å². The van der Waals surface area contributed by atoms with Crippen LogP contribution in [0.25, 0.3) is 0 Å². The van der Waals surface area contributed by atoms with E-state index in [-0.39, 0.29) is 34.5 Å². The van der Waals surface area contributed by atoms with Crippen LogP contribution in [0.15, 0.2) is 41.6 Å². The van der Waals surface area contributed by atoms with Crippen LogP contribution in [0.3, 0.4) is 0 Å². The number of benzene rings is 1. The SMILES string of the molecule is CCCCCCC(CC)C(=O)OC1N(c2ncc(N3CCC(OS(=O)(=O)c4ccc(C)cc4)CC3)cn2)CC12CCNCC2. The van der Waals surface area contributed by atoms with Crippen molar-refractivity contribution in [1.82, 2.24) is 15.3 Å². The number of ether oxygens (including phenoxy) is 1. The van der Waals surface area contributed by atoms with Gasteiger partial charge >= 0.3 is 5.97 Å². The Morgan fingerprint density at radius 1 is 1.05 bits per heavy atom. The molecule has 3 fully saturated rings. The number of carbonyl (C=O) groups is 1. The van der Waals surface area contributed by atoms with Crippen molar-refractivity contribution >= 4 is 27.7 Å². The Balaban J connectivity index is 1.18. The third-order valence-electron chi connectivity index (χ3n) is 9.61. The number of aromatic nitrogens is 2. The molecule has 4 heterocycles. The number of esters is 1. The zero-order chi connectivity index (χ0) is 31.2. The maximum Gasteiger partial charge on any atom is 0.310 e. The highest BCUT2D eigenvalue weighted by Crippen LogP contribution is 2.47. The van der Waals surface area contributed by atoms with Gasteiger partial charge in [-0.3, -0.25) is 8.98 Å². The normalized spacial score (nSPS) is 21.2. The zero-order valence-electron chi connectivity index (χ0n) is 26.5. The number of piperidine rings is 2. The number of anilines is 2. The molecule has 0 radical (unpaired) electrons. The summed E-state index contributed by atoms with van der Waals surface area (Å²) in [6, 6.07) is 6.73. The number of hydrogen-bond donors (Lipinski definition) is 1. The molecule has 1 N–H and O–H groups in total. The Morgan fingerprint density at radius 2 is 1.73 bits per heavy atom. The van der Waals surface area contributed by atoms with E-state index in [1.54, 1.807) is 24.3 Å². The molecule has 0 saturated carbocycles. The second-order valence-corrected chi connectivity index (χ2v) is 14.3. The molecular formula is C33H49N5O5S. The standard InChI is InChI=1S/C33H49N5O5S/c1-4-6-7-8-9-26(5-2)30(39)42-31-33(16-18-34-19-17-33)24-38(31)32-35-22-27(23-36-32)37-20-14-28(15-21-37)43-44(40,41)29-12-10-25(3)11-13-29/h10-13,22-23,26,28,31,34H,4-9,14-21,24H2,1-3H3. The summed E-state index contributed by atoms with van der Waals surface area (Å²) in [7, 11) is -3.80. The van der Waals surface area contributed by atoms with E-state index in [4.69, 9.17) is 18.9 Å². The van der Waals surface area contributed by atoms with Gasteiger partial charge in [0.1, 0.15) is 0 Å². The third-order valence-corrected chi connectivity index (χ3v) is 11.0. The van der Waals surface area contributed by atoms with Crippen molar-refractivity contribution in [1.29, 1.82) is 0 Å². The second kappa shape index (κ2) is 14.6. The first-order chi connectivity index (χ1) is 21.2. The van der Waals surface area contributed by atoms with Crippen LogP contribution in [0.4, 0.5) is 11.6 Å². The van der Waals surface area contributed by atoms with E-state index in [0.29, 0.717) is 31.9 Å². The summed E-state index contributed by atoms with van der Waals surface area (Å²) >= 11 is 0. The summed E-state index contributed by atoms with van der Waals surface area (Å²) in [4.78, 5) is 27.2. The lowest BCUT2D eigenvalue weighted by atomic mass is 9.70. The van der Waals surface area contributed by atoms with Crippen LogP contribution in [0.2, 0.25) is 0 Å². The lowest BCUT2D eigenvalue weighted by molar-refractivity contribution is -0.173. The number of nitrogens with zero attached hydrogens (tertiary/aromatic N) is 4. The smallest absolute Gasteiger partial charge is 0.310 e. The Bertz CT molecular complexity index is 1320. The van der Waals surface area contributed by atoms with Crippen LogP contribution in [0, 0.1) is 18.3 Å². The molecule has 3 aliphatic rings. The third kappa shape index (κ3) is 7.54. The average Bonchev–Trinajstić information content (AvgIpc) is 3.03. The van der Waals surface area contributed by atoms with E-state index in [2.05, 4.69) is 24.1 Å². The van der Waals surface area contributed by atoms with Crippen molar-refractivity contribution in [2.45, 2.75) is 102 Å². The lowest BCUT2D eigenvalue weighted by Crippen LogP contribution is -2.69. The van der Waals surface area contributed by atoms with Gasteiger partial charge in [0.25, 0.3) is 10.1 Å². The van der Waals surface area contributed by atoms with Crippen molar-refractivity contribution in [3.63, 3.8) is 0 Å². The molecule has 0 bridgehead atoms. The zero-order valence-corrected chi connectivity index (χ0v) is 27.4. The molecule has 1 aromatic carbocycles. The maximum atomic E-state index is 13.4. The highest BCUT2D eigenvalue weighted by molar-refractivity contribution is 7.86. The molecule has 5 rings (SSSR count). The number of carbonyl (C=O) groups excluding carboxylic acids is 1. The summed E-state index contributed by atoms with van der Waals surface area (Å²) < 4.78 is 37.3. The molecule has 3 saturated heterocycles. The lowest BCUT2D eigenvalue weighted by Gasteiger charge is -2.57. The van der Waals surface area contributed by atoms with E-state index < -0.39 is 10.1 Å².